The Morgan fingerprint density at radius 3 is 2.30 bits per heavy atom. The first-order valence-electron chi connectivity index (χ1n) is 6.58. The van der Waals surface area contributed by atoms with E-state index in [-0.39, 0.29) is 0 Å². The van der Waals surface area contributed by atoms with Crippen molar-refractivity contribution in [1.29, 1.82) is 0 Å². The lowest BCUT2D eigenvalue weighted by Gasteiger charge is -2.22. The SMILES string of the molecule is CCC(NC(=O)OC(C)(C)C)C(=O)Oc1ccccc1. The molecule has 1 rings (SSSR count). The van der Waals surface area contributed by atoms with Crippen molar-refractivity contribution in [3.8, 4) is 5.75 Å². The maximum Gasteiger partial charge on any atom is 0.408 e. The smallest absolute Gasteiger partial charge is 0.408 e. The van der Waals surface area contributed by atoms with Crippen LogP contribution in [0, 0.1) is 0 Å². The zero-order valence-electron chi connectivity index (χ0n) is 12.3. The topological polar surface area (TPSA) is 64.6 Å². The highest BCUT2D eigenvalue weighted by Crippen LogP contribution is 2.11. The Morgan fingerprint density at radius 1 is 1.20 bits per heavy atom. The summed E-state index contributed by atoms with van der Waals surface area (Å²) in [6.45, 7) is 7.07. The van der Waals surface area contributed by atoms with Crippen LogP contribution in [0.15, 0.2) is 30.3 Å². The van der Waals surface area contributed by atoms with Gasteiger partial charge in [-0.25, -0.2) is 9.59 Å². The van der Waals surface area contributed by atoms with E-state index >= 15 is 0 Å². The molecule has 0 aromatic heterocycles. The molecule has 1 amide bonds. The van der Waals surface area contributed by atoms with Gasteiger partial charge in [-0.2, -0.15) is 0 Å². The molecule has 0 bridgehead atoms. The Morgan fingerprint density at radius 2 is 1.80 bits per heavy atom. The van der Waals surface area contributed by atoms with Gasteiger partial charge in [-0.1, -0.05) is 25.1 Å². The molecule has 110 valence electrons. The van der Waals surface area contributed by atoms with E-state index in [0.717, 1.165) is 0 Å². The lowest BCUT2D eigenvalue weighted by Crippen LogP contribution is -2.44. The van der Waals surface area contributed by atoms with Gasteiger partial charge in [0.1, 0.15) is 17.4 Å². The monoisotopic (exact) mass is 279 g/mol. The molecule has 0 heterocycles. The first kappa shape index (κ1) is 16.0. The van der Waals surface area contributed by atoms with Gasteiger partial charge in [-0.15, -0.1) is 0 Å². The predicted octanol–water partition coefficient (Wildman–Crippen LogP) is 2.90. The van der Waals surface area contributed by atoms with Crippen LogP contribution in [0.1, 0.15) is 34.1 Å². The minimum atomic E-state index is -0.731. The van der Waals surface area contributed by atoms with Gasteiger partial charge in [-0.05, 0) is 39.3 Å². The normalized spacial score (nSPS) is 12.4. The number of esters is 1. The third kappa shape index (κ3) is 5.73. The molecule has 0 saturated heterocycles. The molecule has 0 spiro atoms. The summed E-state index contributed by atoms with van der Waals surface area (Å²) in [5.74, 6) is -0.0634. The van der Waals surface area contributed by atoms with Gasteiger partial charge < -0.3 is 14.8 Å². The molecule has 1 atom stereocenters. The average Bonchev–Trinajstić information content (AvgIpc) is 2.35. The number of hydrogen-bond acceptors (Lipinski definition) is 4. The Kier molecular flexibility index (Phi) is 5.55. The molecular formula is C15H21NO4. The molecule has 1 aromatic carbocycles. The van der Waals surface area contributed by atoms with Crippen LogP contribution in [-0.4, -0.2) is 23.7 Å². The molecule has 1 N–H and O–H groups in total. The maximum absolute atomic E-state index is 12.0. The maximum atomic E-state index is 12.0. The van der Waals surface area contributed by atoms with E-state index in [1.165, 1.54) is 0 Å². The number of rotatable bonds is 4. The Labute approximate surface area is 119 Å². The fourth-order valence-corrected chi connectivity index (χ4v) is 1.45. The summed E-state index contributed by atoms with van der Waals surface area (Å²) in [4.78, 5) is 23.6. The summed E-state index contributed by atoms with van der Waals surface area (Å²) in [6, 6.07) is 7.99. The van der Waals surface area contributed by atoms with Crippen molar-refractivity contribution >= 4 is 12.1 Å². The number of alkyl carbamates (subject to hydrolysis) is 1. The summed E-state index contributed by atoms with van der Waals surface area (Å²) in [5.41, 5.74) is -0.605. The van der Waals surface area contributed by atoms with Gasteiger partial charge >= 0.3 is 12.1 Å². The number of para-hydroxylation sites is 1. The molecular weight excluding hydrogens is 258 g/mol. The molecule has 5 nitrogen and oxygen atoms in total. The second-order valence-electron chi connectivity index (χ2n) is 5.34. The predicted molar refractivity (Wildman–Crippen MR) is 75.5 cm³/mol. The summed E-state index contributed by atoms with van der Waals surface area (Å²) >= 11 is 0. The minimum absolute atomic E-state index is 0.422. The van der Waals surface area contributed by atoms with Crippen LogP contribution in [0.2, 0.25) is 0 Å². The average molecular weight is 279 g/mol. The molecule has 0 fully saturated rings. The van der Waals surface area contributed by atoms with Crippen LogP contribution >= 0.6 is 0 Å². The van der Waals surface area contributed by atoms with E-state index in [9.17, 15) is 9.59 Å². The highest BCUT2D eigenvalue weighted by Gasteiger charge is 2.24. The molecule has 0 aliphatic rings. The van der Waals surface area contributed by atoms with Gasteiger partial charge in [0.25, 0.3) is 0 Å². The van der Waals surface area contributed by atoms with Gasteiger partial charge in [0.05, 0.1) is 0 Å². The number of ether oxygens (including phenoxy) is 2. The lowest BCUT2D eigenvalue weighted by molar-refractivity contribution is -0.136. The van der Waals surface area contributed by atoms with Crippen LogP contribution in [0.3, 0.4) is 0 Å². The van der Waals surface area contributed by atoms with Crippen LogP contribution in [-0.2, 0) is 9.53 Å². The first-order chi connectivity index (χ1) is 9.31. The van der Waals surface area contributed by atoms with Crippen molar-refractivity contribution in [2.24, 2.45) is 0 Å². The van der Waals surface area contributed by atoms with E-state index in [1.54, 1.807) is 52.0 Å². The fraction of sp³-hybridized carbons (Fsp3) is 0.467. The summed E-state index contributed by atoms with van der Waals surface area (Å²) in [5, 5.41) is 2.51. The van der Waals surface area contributed by atoms with Crippen molar-refractivity contribution in [2.75, 3.05) is 0 Å². The van der Waals surface area contributed by atoms with Crippen molar-refractivity contribution < 1.29 is 19.1 Å². The fourth-order valence-electron chi connectivity index (χ4n) is 1.45. The van der Waals surface area contributed by atoms with Gasteiger partial charge in [0, 0.05) is 0 Å². The minimum Gasteiger partial charge on any atom is -0.444 e. The molecule has 0 aliphatic carbocycles. The van der Waals surface area contributed by atoms with E-state index < -0.39 is 23.7 Å². The van der Waals surface area contributed by atoms with E-state index in [2.05, 4.69) is 5.32 Å². The van der Waals surface area contributed by atoms with Crippen molar-refractivity contribution in [3.05, 3.63) is 30.3 Å². The van der Waals surface area contributed by atoms with Crippen molar-refractivity contribution in [3.63, 3.8) is 0 Å². The van der Waals surface area contributed by atoms with Crippen molar-refractivity contribution in [2.45, 2.75) is 45.8 Å². The van der Waals surface area contributed by atoms with Gasteiger partial charge in [-0.3, -0.25) is 0 Å². The summed E-state index contributed by atoms with van der Waals surface area (Å²) in [7, 11) is 0. The van der Waals surface area contributed by atoms with Crippen LogP contribution in [0.4, 0.5) is 4.79 Å². The highest BCUT2D eigenvalue weighted by atomic mass is 16.6. The Hall–Kier alpha value is -2.04. The summed E-state index contributed by atoms with van der Waals surface area (Å²) in [6.07, 6.45) is -0.209. The van der Waals surface area contributed by atoms with Crippen LogP contribution in [0.25, 0.3) is 0 Å². The Bertz CT molecular complexity index is 451. The number of carbonyl (C=O) groups is 2. The number of amides is 1. The summed E-state index contributed by atoms with van der Waals surface area (Å²) < 4.78 is 10.3. The Balaban J connectivity index is 2.57. The molecule has 1 aromatic rings. The highest BCUT2D eigenvalue weighted by molar-refractivity contribution is 5.82. The zero-order chi connectivity index (χ0) is 15.2. The van der Waals surface area contributed by atoms with Gasteiger partial charge in [0.15, 0.2) is 0 Å². The molecule has 1 unspecified atom stereocenters. The third-order valence-electron chi connectivity index (χ3n) is 2.35. The number of nitrogens with one attached hydrogen (secondary N) is 1. The standard InChI is InChI=1S/C15H21NO4/c1-5-12(16-14(18)20-15(2,3)4)13(17)19-11-9-7-6-8-10-11/h6-10,12H,5H2,1-4H3,(H,16,18). The molecule has 20 heavy (non-hydrogen) atoms. The molecule has 5 heteroatoms. The zero-order valence-corrected chi connectivity index (χ0v) is 12.3. The van der Waals surface area contributed by atoms with E-state index in [4.69, 9.17) is 9.47 Å². The van der Waals surface area contributed by atoms with Crippen molar-refractivity contribution in [1.82, 2.24) is 5.32 Å². The van der Waals surface area contributed by atoms with Crippen LogP contribution < -0.4 is 10.1 Å². The largest absolute Gasteiger partial charge is 0.444 e. The quantitative estimate of drug-likeness (QED) is 0.680. The molecule has 0 radical (unpaired) electrons. The second-order valence-corrected chi connectivity index (χ2v) is 5.34. The number of benzene rings is 1. The lowest BCUT2D eigenvalue weighted by atomic mass is 10.2. The van der Waals surface area contributed by atoms with E-state index in [0.29, 0.717) is 12.2 Å². The number of hydrogen-bond donors (Lipinski definition) is 1. The molecule has 0 saturated carbocycles. The van der Waals surface area contributed by atoms with E-state index in [1.807, 2.05) is 6.07 Å². The third-order valence-corrected chi connectivity index (χ3v) is 2.35. The second kappa shape index (κ2) is 6.93. The van der Waals surface area contributed by atoms with Crippen LogP contribution in [0.5, 0.6) is 5.75 Å². The first-order valence-corrected chi connectivity index (χ1v) is 6.58. The number of carbonyl (C=O) groups excluding carboxylic acids is 2. The molecule has 0 aliphatic heterocycles. The van der Waals surface area contributed by atoms with Gasteiger partial charge in [0.2, 0.25) is 0 Å².